The van der Waals surface area contributed by atoms with Gasteiger partial charge in [-0.3, -0.25) is 0 Å². The maximum Gasteiger partial charge on any atom is 0.0233 e. The lowest BCUT2D eigenvalue weighted by Gasteiger charge is -2.25. The maximum atomic E-state index is 3.52. The van der Waals surface area contributed by atoms with E-state index in [2.05, 4.69) is 10.6 Å². The first-order valence-corrected chi connectivity index (χ1v) is 3.93. The van der Waals surface area contributed by atoms with Gasteiger partial charge < -0.3 is 10.6 Å². The molecule has 0 saturated carbocycles. The molecule has 2 fully saturated rings. The van der Waals surface area contributed by atoms with Crippen LogP contribution in [-0.2, 0) is 0 Å². The van der Waals surface area contributed by atoms with Crippen LogP contribution in [0.15, 0.2) is 0 Å². The monoisotopic (exact) mass is 126 g/mol. The number of hydrogen-bond acceptors (Lipinski definition) is 2. The summed E-state index contributed by atoms with van der Waals surface area (Å²) < 4.78 is 0. The van der Waals surface area contributed by atoms with Crippen LogP contribution in [0, 0.1) is 0 Å². The van der Waals surface area contributed by atoms with Crippen LogP contribution >= 0.6 is 0 Å². The molecule has 2 atom stereocenters. The molecule has 2 saturated heterocycles. The van der Waals surface area contributed by atoms with E-state index in [4.69, 9.17) is 0 Å². The number of piperidine rings is 1. The first kappa shape index (κ1) is 5.69. The standard InChI is InChI=1S/C7H14N2/c1-2-6-7(8-4-1)3-5-9-6/h6-9H,1-5H2/t6-,7?/m0/s1. The predicted octanol–water partition coefficient (Wildman–Crippen LogP) is 0.100. The van der Waals surface area contributed by atoms with Gasteiger partial charge in [0.1, 0.15) is 0 Å². The highest BCUT2D eigenvalue weighted by Gasteiger charge is 2.28. The Morgan fingerprint density at radius 1 is 0.889 bits per heavy atom. The minimum atomic E-state index is 0.804. The van der Waals surface area contributed by atoms with Gasteiger partial charge in [-0.2, -0.15) is 0 Å². The van der Waals surface area contributed by atoms with Crippen LogP contribution in [0.25, 0.3) is 0 Å². The highest BCUT2D eigenvalue weighted by atomic mass is 15.1. The Bertz CT molecular complexity index is 91.1. The average molecular weight is 126 g/mol. The second-order valence-corrected chi connectivity index (χ2v) is 3.05. The van der Waals surface area contributed by atoms with E-state index < -0.39 is 0 Å². The van der Waals surface area contributed by atoms with Crippen molar-refractivity contribution in [3.05, 3.63) is 0 Å². The van der Waals surface area contributed by atoms with Gasteiger partial charge >= 0.3 is 0 Å². The van der Waals surface area contributed by atoms with E-state index >= 15 is 0 Å². The number of rotatable bonds is 0. The van der Waals surface area contributed by atoms with Gasteiger partial charge in [0.2, 0.25) is 0 Å². The summed E-state index contributed by atoms with van der Waals surface area (Å²) in [4.78, 5) is 0. The lowest BCUT2D eigenvalue weighted by Crippen LogP contribution is -2.45. The number of nitrogens with one attached hydrogen (secondary N) is 2. The lowest BCUT2D eigenvalue weighted by molar-refractivity contribution is 0.365. The van der Waals surface area contributed by atoms with Crippen LogP contribution in [0.4, 0.5) is 0 Å². The molecule has 52 valence electrons. The van der Waals surface area contributed by atoms with Crippen LogP contribution in [-0.4, -0.2) is 25.2 Å². The first-order chi connectivity index (χ1) is 4.47. The second-order valence-electron chi connectivity index (χ2n) is 3.05. The van der Waals surface area contributed by atoms with Gasteiger partial charge in [0.05, 0.1) is 0 Å². The predicted molar refractivity (Wildman–Crippen MR) is 37.4 cm³/mol. The summed E-state index contributed by atoms with van der Waals surface area (Å²) in [5.74, 6) is 0. The molecule has 0 amide bonds. The molecule has 2 N–H and O–H groups in total. The zero-order valence-electron chi connectivity index (χ0n) is 5.69. The quantitative estimate of drug-likeness (QED) is 0.481. The summed E-state index contributed by atoms with van der Waals surface area (Å²) in [6.45, 7) is 2.46. The molecular weight excluding hydrogens is 112 g/mol. The Labute approximate surface area is 56.0 Å². The fourth-order valence-corrected chi connectivity index (χ4v) is 1.92. The molecule has 0 aromatic rings. The van der Waals surface area contributed by atoms with E-state index in [1.165, 1.54) is 32.4 Å². The van der Waals surface area contributed by atoms with E-state index in [1.807, 2.05) is 0 Å². The van der Waals surface area contributed by atoms with Gasteiger partial charge in [0.15, 0.2) is 0 Å². The van der Waals surface area contributed by atoms with Crippen LogP contribution in [0.1, 0.15) is 19.3 Å². The molecule has 9 heavy (non-hydrogen) atoms. The van der Waals surface area contributed by atoms with Gasteiger partial charge in [0, 0.05) is 12.1 Å². The Hall–Kier alpha value is -0.0800. The highest BCUT2D eigenvalue weighted by Crippen LogP contribution is 2.15. The van der Waals surface area contributed by atoms with Crippen molar-refractivity contribution in [2.75, 3.05) is 13.1 Å². The summed E-state index contributed by atoms with van der Waals surface area (Å²) >= 11 is 0. The van der Waals surface area contributed by atoms with Gasteiger partial charge in [-0.25, -0.2) is 0 Å². The molecule has 2 nitrogen and oxygen atoms in total. The van der Waals surface area contributed by atoms with E-state index in [0.717, 1.165) is 12.1 Å². The third-order valence-electron chi connectivity index (χ3n) is 2.45. The molecule has 0 aromatic heterocycles. The highest BCUT2D eigenvalue weighted by molar-refractivity contribution is 4.91. The Morgan fingerprint density at radius 2 is 1.67 bits per heavy atom. The summed E-state index contributed by atoms with van der Waals surface area (Å²) in [6.07, 6.45) is 4.08. The zero-order chi connectivity index (χ0) is 6.10. The maximum absolute atomic E-state index is 3.52. The van der Waals surface area contributed by atoms with Crippen LogP contribution in [0.2, 0.25) is 0 Å². The van der Waals surface area contributed by atoms with E-state index in [-0.39, 0.29) is 0 Å². The molecule has 2 rings (SSSR count). The lowest BCUT2D eigenvalue weighted by atomic mass is 10.0. The number of hydrogen-bond donors (Lipinski definition) is 2. The first-order valence-electron chi connectivity index (χ1n) is 3.93. The normalized spacial score (nSPS) is 42.7. The van der Waals surface area contributed by atoms with E-state index in [9.17, 15) is 0 Å². The summed E-state index contributed by atoms with van der Waals surface area (Å²) in [5, 5.41) is 7.01. The van der Waals surface area contributed by atoms with Gasteiger partial charge in [-0.15, -0.1) is 0 Å². The Morgan fingerprint density at radius 3 is 2.56 bits per heavy atom. The van der Waals surface area contributed by atoms with Crippen LogP contribution in [0.3, 0.4) is 0 Å². The largest absolute Gasteiger partial charge is 0.312 e. The van der Waals surface area contributed by atoms with Crippen molar-refractivity contribution in [3.63, 3.8) is 0 Å². The Kier molecular flexibility index (Phi) is 1.44. The SMILES string of the molecule is C1CNC2CCN[C@H]2C1. The van der Waals surface area contributed by atoms with E-state index in [0.29, 0.717) is 0 Å². The fourth-order valence-electron chi connectivity index (χ4n) is 1.92. The molecule has 2 heteroatoms. The van der Waals surface area contributed by atoms with Crippen molar-refractivity contribution in [2.24, 2.45) is 0 Å². The molecule has 2 aliphatic heterocycles. The zero-order valence-corrected chi connectivity index (χ0v) is 5.69. The number of fused-ring (bicyclic) bond motifs is 1. The van der Waals surface area contributed by atoms with Crippen molar-refractivity contribution in [1.29, 1.82) is 0 Å². The van der Waals surface area contributed by atoms with Gasteiger partial charge in [-0.1, -0.05) is 0 Å². The van der Waals surface area contributed by atoms with Gasteiger partial charge in [-0.05, 0) is 32.4 Å². The van der Waals surface area contributed by atoms with Crippen molar-refractivity contribution < 1.29 is 0 Å². The molecule has 0 aliphatic carbocycles. The average Bonchev–Trinajstić information content (AvgIpc) is 2.33. The third-order valence-corrected chi connectivity index (χ3v) is 2.45. The minimum absolute atomic E-state index is 0.804. The molecule has 0 radical (unpaired) electrons. The molecule has 2 heterocycles. The topological polar surface area (TPSA) is 24.1 Å². The molecular formula is C7H14N2. The summed E-state index contributed by atoms with van der Waals surface area (Å²) in [6, 6.07) is 1.61. The molecule has 0 bridgehead atoms. The molecule has 0 spiro atoms. The van der Waals surface area contributed by atoms with Crippen LogP contribution < -0.4 is 10.6 Å². The van der Waals surface area contributed by atoms with Crippen LogP contribution in [0.5, 0.6) is 0 Å². The summed E-state index contributed by atoms with van der Waals surface area (Å²) in [5.41, 5.74) is 0. The van der Waals surface area contributed by atoms with Crippen molar-refractivity contribution in [2.45, 2.75) is 31.3 Å². The molecule has 0 aromatic carbocycles. The molecule has 2 aliphatic rings. The Balaban J connectivity index is 1.97. The summed E-state index contributed by atoms with van der Waals surface area (Å²) in [7, 11) is 0. The minimum Gasteiger partial charge on any atom is -0.312 e. The molecule has 1 unspecified atom stereocenters. The second kappa shape index (κ2) is 2.27. The van der Waals surface area contributed by atoms with Crippen molar-refractivity contribution in [3.8, 4) is 0 Å². The fraction of sp³-hybridized carbons (Fsp3) is 1.00. The third kappa shape index (κ3) is 0.970. The van der Waals surface area contributed by atoms with Crippen molar-refractivity contribution >= 4 is 0 Å². The van der Waals surface area contributed by atoms with E-state index in [1.54, 1.807) is 0 Å². The van der Waals surface area contributed by atoms with Crippen molar-refractivity contribution in [1.82, 2.24) is 10.6 Å². The smallest absolute Gasteiger partial charge is 0.0233 e. The van der Waals surface area contributed by atoms with Gasteiger partial charge in [0.25, 0.3) is 0 Å².